The molecule has 0 radical (unpaired) electrons. The van der Waals surface area contributed by atoms with E-state index in [4.69, 9.17) is 9.47 Å². The number of benzene rings is 1. The van der Waals surface area contributed by atoms with Gasteiger partial charge in [-0.05, 0) is 19.1 Å². The summed E-state index contributed by atoms with van der Waals surface area (Å²) >= 11 is 0. The summed E-state index contributed by atoms with van der Waals surface area (Å²) in [5.41, 5.74) is -0.0598. The predicted molar refractivity (Wildman–Crippen MR) is 83.0 cm³/mol. The summed E-state index contributed by atoms with van der Waals surface area (Å²) in [5.74, 6) is -0.179. The number of amides is 1. The first-order valence-corrected chi connectivity index (χ1v) is 6.77. The Morgan fingerprint density at radius 1 is 1.39 bits per heavy atom. The molecule has 8 heteroatoms. The lowest BCUT2D eigenvalue weighted by Crippen LogP contribution is -2.14. The first-order chi connectivity index (χ1) is 11.1. The Bertz CT molecular complexity index is 719. The van der Waals surface area contributed by atoms with Gasteiger partial charge in [0.2, 0.25) is 0 Å². The second-order valence-corrected chi connectivity index (χ2v) is 4.41. The van der Waals surface area contributed by atoms with Gasteiger partial charge in [0.05, 0.1) is 36.6 Å². The van der Waals surface area contributed by atoms with Crippen molar-refractivity contribution in [1.82, 2.24) is 4.98 Å². The Balaban J connectivity index is 2.44. The van der Waals surface area contributed by atoms with Crippen molar-refractivity contribution >= 4 is 17.3 Å². The molecule has 1 aromatic heterocycles. The van der Waals surface area contributed by atoms with Crippen molar-refractivity contribution in [3.8, 4) is 11.5 Å². The number of nitro benzene ring substituents is 1. The number of methoxy groups -OCH3 is 1. The number of hydrogen-bond donors (Lipinski definition) is 1. The average Bonchev–Trinajstić information content (AvgIpc) is 2.55. The third-order valence-corrected chi connectivity index (χ3v) is 2.94. The zero-order valence-electron chi connectivity index (χ0n) is 12.6. The highest BCUT2D eigenvalue weighted by Crippen LogP contribution is 2.35. The van der Waals surface area contributed by atoms with Crippen LogP contribution >= 0.6 is 0 Å². The molecule has 0 saturated carbocycles. The van der Waals surface area contributed by atoms with E-state index >= 15 is 0 Å². The van der Waals surface area contributed by atoms with E-state index in [1.807, 2.05) is 0 Å². The summed E-state index contributed by atoms with van der Waals surface area (Å²) < 4.78 is 10.4. The normalized spacial score (nSPS) is 10.0. The maximum Gasteiger partial charge on any atom is 0.286 e. The lowest BCUT2D eigenvalue weighted by Gasteiger charge is -2.12. The maximum atomic E-state index is 12.4. The Morgan fingerprint density at radius 3 is 2.74 bits per heavy atom. The minimum Gasteiger partial charge on any atom is -0.493 e. The number of nitro groups is 1. The van der Waals surface area contributed by atoms with E-state index in [0.29, 0.717) is 12.3 Å². The molecule has 0 fully saturated rings. The molecule has 0 saturated heterocycles. The highest BCUT2D eigenvalue weighted by molar-refractivity contribution is 6.07. The molecule has 1 aromatic carbocycles. The molecule has 0 aliphatic heterocycles. The van der Waals surface area contributed by atoms with Gasteiger partial charge in [0, 0.05) is 12.3 Å². The zero-order valence-corrected chi connectivity index (χ0v) is 12.6. The van der Waals surface area contributed by atoms with Crippen molar-refractivity contribution < 1.29 is 19.2 Å². The third kappa shape index (κ3) is 3.73. The van der Waals surface area contributed by atoms with Gasteiger partial charge in [-0.15, -0.1) is 0 Å². The minimum atomic E-state index is -0.642. The van der Waals surface area contributed by atoms with Gasteiger partial charge in [0.25, 0.3) is 11.6 Å². The fraction of sp³-hybridized carbons (Fsp3) is 0.200. The summed E-state index contributed by atoms with van der Waals surface area (Å²) in [6.07, 6.45) is 3.00. The van der Waals surface area contributed by atoms with Crippen LogP contribution in [0.1, 0.15) is 17.3 Å². The molecule has 0 aliphatic rings. The van der Waals surface area contributed by atoms with Crippen molar-refractivity contribution in [2.75, 3.05) is 19.0 Å². The fourth-order valence-corrected chi connectivity index (χ4v) is 1.95. The molecule has 1 amide bonds. The highest BCUT2D eigenvalue weighted by Gasteiger charge is 2.24. The molecule has 0 spiro atoms. The van der Waals surface area contributed by atoms with Gasteiger partial charge < -0.3 is 14.8 Å². The van der Waals surface area contributed by atoms with E-state index in [2.05, 4.69) is 10.3 Å². The smallest absolute Gasteiger partial charge is 0.286 e. The summed E-state index contributed by atoms with van der Waals surface area (Å²) in [4.78, 5) is 26.8. The van der Waals surface area contributed by atoms with Crippen LogP contribution in [-0.4, -0.2) is 29.5 Å². The van der Waals surface area contributed by atoms with Crippen LogP contribution in [0.4, 0.5) is 11.4 Å². The van der Waals surface area contributed by atoms with Crippen molar-refractivity contribution in [1.29, 1.82) is 0 Å². The molecule has 0 atom stereocenters. The topological polar surface area (TPSA) is 104 Å². The molecular weight excluding hydrogens is 302 g/mol. The van der Waals surface area contributed by atoms with Crippen molar-refractivity contribution in [3.05, 3.63) is 52.3 Å². The van der Waals surface area contributed by atoms with Gasteiger partial charge in [0.15, 0.2) is 11.5 Å². The molecule has 2 rings (SSSR count). The van der Waals surface area contributed by atoms with Crippen molar-refractivity contribution in [3.63, 3.8) is 0 Å². The Kier molecular flexibility index (Phi) is 5.08. The molecule has 120 valence electrons. The van der Waals surface area contributed by atoms with E-state index in [1.165, 1.54) is 25.4 Å². The van der Waals surface area contributed by atoms with Crippen LogP contribution < -0.4 is 14.8 Å². The first-order valence-electron chi connectivity index (χ1n) is 6.77. The molecule has 1 N–H and O–H groups in total. The van der Waals surface area contributed by atoms with Gasteiger partial charge in [-0.2, -0.15) is 0 Å². The number of rotatable bonds is 6. The molecule has 0 bridgehead atoms. The van der Waals surface area contributed by atoms with Crippen LogP contribution in [0.25, 0.3) is 0 Å². The number of ether oxygens (including phenoxy) is 2. The monoisotopic (exact) mass is 317 g/mol. The SMILES string of the molecule is CCOc1cc(C(=O)Nc2cccnc2)c([N+](=O)[O-])cc1OC. The van der Waals surface area contributed by atoms with E-state index in [-0.39, 0.29) is 22.7 Å². The number of pyridine rings is 1. The first kappa shape index (κ1) is 16.2. The second kappa shape index (κ2) is 7.21. The predicted octanol–water partition coefficient (Wildman–Crippen LogP) is 2.65. The number of nitrogens with one attached hydrogen (secondary N) is 1. The van der Waals surface area contributed by atoms with Crippen LogP contribution in [0, 0.1) is 10.1 Å². The third-order valence-electron chi connectivity index (χ3n) is 2.94. The van der Waals surface area contributed by atoms with Gasteiger partial charge in [-0.3, -0.25) is 19.9 Å². The van der Waals surface area contributed by atoms with Crippen LogP contribution in [-0.2, 0) is 0 Å². The number of carbonyl (C=O) groups is 1. The minimum absolute atomic E-state index is 0.122. The molecule has 1 heterocycles. The van der Waals surface area contributed by atoms with E-state index in [1.54, 1.807) is 25.3 Å². The summed E-state index contributed by atoms with van der Waals surface area (Å²) in [5, 5.41) is 13.8. The van der Waals surface area contributed by atoms with E-state index in [0.717, 1.165) is 0 Å². The van der Waals surface area contributed by atoms with Crippen LogP contribution in [0.15, 0.2) is 36.7 Å². The highest BCUT2D eigenvalue weighted by atomic mass is 16.6. The molecule has 8 nitrogen and oxygen atoms in total. The number of carbonyl (C=O) groups excluding carboxylic acids is 1. The van der Waals surface area contributed by atoms with Gasteiger partial charge in [-0.1, -0.05) is 0 Å². The summed E-state index contributed by atoms with van der Waals surface area (Å²) in [6, 6.07) is 5.74. The molecule has 0 aliphatic carbocycles. The Morgan fingerprint density at radius 2 is 2.17 bits per heavy atom. The lowest BCUT2D eigenvalue weighted by molar-refractivity contribution is -0.385. The van der Waals surface area contributed by atoms with Crippen LogP contribution in [0.3, 0.4) is 0 Å². The van der Waals surface area contributed by atoms with Gasteiger partial charge >= 0.3 is 0 Å². The fourth-order valence-electron chi connectivity index (χ4n) is 1.95. The number of aromatic nitrogens is 1. The van der Waals surface area contributed by atoms with Crippen LogP contribution in [0.2, 0.25) is 0 Å². The standard InChI is InChI=1S/C15H15N3O5/c1-3-23-14-7-11(12(18(20)21)8-13(14)22-2)15(19)17-10-5-4-6-16-9-10/h4-9H,3H2,1-2H3,(H,17,19). The number of anilines is 1. The average molecular weight is 317 g/mol. The lowest BCUT2D eigenvalue weighted by atomic mass is 10.1. The quantitative estimate of drug-likeness (QED) is 0.649. The summed E-state index contributed by atoms with van der Waals surface area (Å²) in [7, 11) is 1.37. The Labute approximate surface area is 132 Å². The van der Waals surface area contributed by atoms with Gasteiger partial charge in [-0.25, -0.2) is 0 Å². The largest absolute Gasteiger partial charge is 0.493 e. The zero-order chi connectivity index (χ0) is 16.8. The maximum absolute atomic E-state index is 12.4. The molecule has 2 aromatic rings. The van der Waals surface area contributed by atoms with Crippen LogP contribution in [0.5, 0.6) is 11.5 Å². The van der Waals surface area contributed by atoms with Crippen molar-refractivity contribution in [2.45, 2.75) is 6.92 Å². The molecule has 0 unspecified atom stereocenters. The van der Waals surface area contributed by atoms with Gasteiger partial charge in [0.1, 0.15) is 5.56 Å². The van der Waals surface area contributed by atoms with Crippen molar-refractivity contribution in [2.24, 2.45) is 0 Å². The Hall–Kier alpha value is -3.16. The van der Waals surface area contributed by atoms with E-state index in [9.17, 15) is 14.9 Å². The molecule has 23 heavy (non-hydrogen) atoms. The number of nitrogens with zero attached hydrogens (tertiary/aromatic N) is 2. The van der Waals surface area contributed by atoms with E-state index < -0.39 is 10.8 Å². The number of hydrogen-bond acceptors (Lipinski definition) is 6. The summed E-state index contributed by atoms with van der Waals surface area (Å²) in [6.45, 7) is 2.09. The molecular formula is C15H15N3O5. The second-order valence-electron chi connectivity index (χ2n) is 4.41.